The van der Waals surface area contributed by atoms with Crippen molar-refractivity contribution in [3.8, 4) is 11.9 Å². The zero-order valence-corrected chi connectivity index (χ0v) is 19.5. The number of pyridine rings is 1. The summed E-state index contributed by atoms with van der Waals surface area (Å²) in [5.41, 5.74) is 5.62. The topological polar surface area (TPSA) is 95.5 Å². The number of anilines is 1. The molecule has 186 valence electrons. The zero-order chi connectivity index (χ0) is 25.2. The fourth-order valence-electron chi connectivity index (χ4n) is 5.31. The number of hydrogen-bond acceptors (Lipinski definition) is 6. The highest BCUT2D eigenvalue weighted by molar-refractivity contribution is 5.79. The van der Waals surface area contributed by atoms with Gasteiger partial charge in [0.25, 0.3) is 0 Å². The molecular formula is C25H28F3N5O2. The van der Waals surface area contributed by atoms with Gasteiger partial charge in [-0.25, -0.2) is 4.98 Å². The van der Waals surface area contributed by atoms with Gasteiger partial charge in [-0.2, -0.15) is 18.4 Å². The second-order valence-corrected chi connectivity index (χ2v) is 9.20. The monoisotopic (exact) mass is 487 g/mol. The fourth-order valence-corrected chi connectivity index (χ4v) is 5.31. The van der Waals surface area contributed by atoms with Gasteiger partial charge < -0.3 is 15.4 Å². The van der Waals surface area contributed by atoms with Gasteiger partial charge in [0.1, 0.15) is 0 Å². The van der Waals surface area contributed by atoms with Crippen LogP contribution < -0.4 is 15.4 Å². The first kappa shape index (κ1) is 24.8. The lowest BCUT2D eigenvalue weighted by Crippen LogP contribution is -2.40. The molecule has 4 rings (SSSR count). The summed E-state index contributed by atoms with van der Waals surface area (Å²) >= 11 is 0. The Balaban J connectivity index is 1.44. The van der Waals surface area contributed by atoms with Crippen molar-refractivity contribution >= 4 is 11.6 Å². The number of primary amides is 1. The van der Waals surface area contributed by atoms with Gasteiger partial charge >= 0.3 is 6.18 Å². The Morgan fingerprint density at radius 1 is 1.23 bits per heavy atom. The summed E-state index contributed by atoms with van der Waals surface area (Å²) in [4.78, 5) is 20.8. The van der Waals surface area contributed by atoms with Gasteiger partial charge in [0, 0.05) is 31.4 Å². The molecule has 2 aromatic rings. The zero-order valence-electron chi connectivity index (χ0n) is 19.5. The summed E-state index contributed by atoms with van der Waals surface area (Å²) in [6, 6.07) is 11.0. The highest BCUT2D eigenvalue weighted by Crippen LogP contribution is 2.40. The number of halogens is 3. The Labute approximate surface area is 202 Å². The van der Waals surface area contributed by atoms with Crippen LogP contribution in [0.2, 0.25) is 0 Å². The number of aromatic nitrogens is 1. The second kappa shape index (κ2) is 10.1. The second-order valence-electron chi connectivity index (χ2n) is 9.20. The number of piperidine rings is 1. The molecule has 2 fully saturated rings. The summed E-state index contributed by atoms with van der Waals surface area (Å²) in [7, 11) is 1.58. The lowest BCUT2D eigenvalue weighted by molar-refractivity contribution is -0.137. The van der Waals surface area contributed by atoms with Crippen molar-refractivity contribution in [2.24, 2.45) is 23.5 Å². The van der Waals surface area contributed by atoms with Crippen LogP contribution in [0.25, 0.3) is 0 Å². The molecule has 1 amide bonds. The molecular weight excluding hydrogens is 459 g/mol. The molecule has 2 aliphatic rings. The summed E-state index contributed by atoms with van der Waals surface area (Å²) in [5, 5.41) is 9.07. The first-order valence-corrected chi connectivity index (χ1v) is 11.6. The first-order chi connectivity index (χ1) is 16.7. The Morgan fingerprint density at radius 2 is 1.97 bits per heavy atom. The molecule has 0 saturated carbocycles. The average molecular weight is 488 g/mol. The number of ether oxygens (including phenoxy) is 1. The van der Waals surface area contributed by atoms with Crippen LogP contribution in [0, 0.1) is 29.1 Å². The van der Waals surface area contributed by atoms with Gasteiger partial charge in [-0.05, 0) is 62.0 Å². The smallest absolute Gasteiger partial charge is 0.417 e. The standard InChI is InChI=1S/C25H28F3N5O2/c1-35-23-4-2-3-18(31-23)13-32-9-7-16(8-10-32)20-14-33(15-21(20)24(30)34)19-6-5-17(12-29)22(11-19)25(26,27)28/h2-6,11,16,20-21H,7-10,13-15H2,1H3,(H2,30,34)/t20-,21+/m0/s1. The highest BCUT2D eigenvalue weighted by atomic mass is 19.4. The number of nitrogens with zero attached hydrogens (tertiary/aromatic N) is 4. The van der Waals surface area contributed by atoms with Crippen molar-refractivity contribution in [2.45, 2.75) is 25.6 Å². The van der Waals surface area contributed by atoms with Gasteiger partial charge in [0.15, 0.2) is 0 Å². The van der Waals surface area contributed by atoms with E-state index >= 15 is 0 Å². The third-order valence-electron chi connectivity index (χ3n) is 7.14. The number of nitriles is 1. The van der Waals surface area contributed by atoms with Crippen molar-refractivity contribution < 1.29 is 22.7 Å². The summed E-state index contributed by atoms with van der Waals surface area (Å²) in [6.07, 6.45) is -2.89. The van der Waals surface area contributed by atoms with Crippen LogP contribution >= 0.6 is 0 Å². The molecule has 2 N–H and O–H groups in total. The van der Waals surface area contributed by atoms with E-state index in [9.17, 15) is 18.0 Å². The van der Waals surface area contributed by atoms with Gasteiger partial charge in [-0.15, -0.1) is 0 Å². The van der Waals surface area contributed by atoms with Crippen LogP contribution in [0.3, 0.4) is 0 Å². The van der Waals surface area contributed by atoms with E-state index in [0.717, 1.165) is 37.7 Å². The molecule has 1 aromatic carbocycles. The Hall–Kier alpha value is -3.32. The number of benzene rings is 1. The van der Waals surface area contributed by atoms with Crippen LogP contribution in [0.4, 0.5) is 18.9 Å². The molecule has 2 aliphatic heterocycles. The van der Waals surface area contributed by atoms with E-state index in [4.69, 9.17) is 15.7 Å². The third-order valence-corrected chi connectivity index (χ3v) is 7.14. The van der Waals surface area contributed by atoms with E-state index < -0.39 is 29.1 Å². The largest absolute Gasteiger partial charge is 0.481 e. The van der Waals surface area contributed by atoms with Crippen LogP contribution in [0.5, 0.6) is 5.88 Å². The van der Waals surface area contributed by atoms with E-state index in [1.54, 1.807) is 24.1 Å². The Bertz CT molecular complexity index is 1110. The Morgan fingerprint density at radius 3 is 2.60 bits per heavy atom. The minimum Gasteiger partial charge on any atom is -0.481 e. The number of likely N-dealkylation sites (tertiary alicyclic amines) is 1. The molecule has 0 unspecified atom stereocenters. The van der Waals surface area contributed by atoms with Crippen LogP contribution in [0.15, 0.2) is 36.4 Å². The quantitative estimate of drug-likeness (QED) is 0.671. The molecule has 0 bridgehead atoms. The number of methoxy groups -OCH3 is 1. The molecule has 7 nitrogen and oxygen atoms in total. The number of amides is 1. The predicted octanol–water partition coefficient (Wildman–Crippen LogP) is 3.43. The maximum absolute atomic E-state index is 13.5. The summed E-state index contributed by atoms with van der Waals surface area (Å²) in [5.74, 6) is -0.0759. The van der Waals surface area contributed by atoms with Gasteiger partial charge in [-0.3, -0.25) is 9.69 Å². The predicted molar refractivity (Wildman–Crippen MR) is 123 cm³/mol. The van der Waals surface area contributed by atoms with Crippen molar-refractivity contribution in [1.82, 2.24) is 9.88 Å². The van der Waals surface area contributed by atoms with Gasteiger partial charge in [0.05, 0.1) is 35.9 Å². The summed E-state index contributed by atoms with van der Waals surface area (Å²) < 4.78 is 45.5. The maximum atomic E-state index is 13.5. The van der Waals surface area contributed by atoms with E-state index in [1.165, 1.54) is 12.1 Å². The highest BCUT2D eigenvalue weighted by Gasteiger charge is 2.42. The van der Waals surface area contributed by atoms with Gasteiger partial charge in [-0.1, -0.05) is 6.07 Å². The molecule has 2 saturated heterocycles. The van der Waals surface area contributed by atoms with Crippen molar-refractivity contribution in [1.29, 1.82) is 5.26 Å². The van der Waals surface area contributed by atoms with E-state index in [0.29, 0.717) is 24.7 Å². The minimum absolute atomic E-state index is 0.0328. The van der Waals surface area contributed by atoms with Gasteiger partial charge in [0.2, 0.25) is 11.8 Å². The number of carbonyl (C=O) groups is 1. The van der Waals surface area contributed by atoms with Crippen LogP contribution in [-0.2, 0) is 17.5 Å². The van der Waals surface area contributed by atoms with Crippen molar-refractivity contribution in [3.63, 3.8) is 0 Å². The van der Waals surface area contributed by atoms with E-state index in [1.807, 2.05) is 12.1 Å². The average Bonchev–Trinajstić information content (AvgIpc) is 3.29. The minimum atomic E-state index is -4.63. The molecule has 3 heterocycles. The molecule has 0 radical (unpaired) electrons. The Kier molecular flexibility index (Phi) is 7.17. The molecule has 1 aromatic heterocycles. The number of carbonyl (C=O) groups excluding carboxylic acids is 1. The third kappa shape index (κ3) is 5.51. The first-order valence-electron chi connectivity index (χ1n) is 11.6. The molecule has 0 aliphatic carbocycles. The lowest BCUT2D eigenvalue weighted by Gasteiger charge is -2.36. The number of nitrogens with two attached hydrogens (primary N) is 1. The van der Waals surface area contributed by atoms with E-state index in [-0.39, 0.29) is 18.4 Å². The lowest BCUT2D eigenvalue weighted by atomic mass is 9.78. The molecule has 35 heavy (non-hydrogen) atoms. The van der Waals surface area contributed by atoms with Crippen LogP contribution in [-0.4, -0.2) is 49.1 Å². The normalized spacial score (nSPS) is 21.6. The SMILES string of the molecule is COc1cccc(CN2CCC([C@@H]3CN(c4ccc(C#N)c(C(F)(F)F)c4)C[C@H]3C(N)=O)CC2)n1. The number of rotatable bonds is 6. The molecule has 0 spiro atoms. The summed E-state index contributed by atoms with van der Waals surface area (Å²) in [6.45, 7) is 3.10. The molecule has 2 atom stereocenters. The maximum Gasteiger partial charge on any atom is 0.417 e. The van der Waals surface area contributed by atoms with Crippen molar-refractivity contribution in [3.05, 3.63) is 53.2 Å². The molecule has 10 heteroatoms. The van der Waals surface area contributed by atoms with Crippen LogP contribution in [0.1, 0.15) is 29.7 Å². The number of hydrogen-bond donors (Lipinski definition) is 1. The van der Waals surface area contributed by atoms with Crippen molar-refractivity contribution in [2.75, 3.05) is 38.2 Å². The number of alkyl halides is 3. The van der Waals surface area contributed by atoms with E-state index in [2.05, 4.69) is 9.88 Å². The fraction of sp³-hybridized carbons (Fsp3) is 0.480.